The van der Waals surface area contributed by atoms with Gasteiger partial charge in [-0.3, -0.25) is 9.59 Å². The number of carbonyl (C=O) groups is 2. The number of aliphatic carboxylic acids is 1. The van der Waals surface area contributed by atoms with Gasteiger partial charge in [0, 0.05) is 18.7 Å². The first-order valence-electron chi connectivity index (χ1n) is 8.35. The van der Waals surface area contributed by atoms with Gasteiger partial charge in [-0.2, -0.15) is 4.31 Å². The molecule has 1 aliphatic rings. The minimum Gasteiger partial charge on any atom is -0.480 e. The topological polar surface area (TPSA) is 104 Å². The summed E-state index contributed by atoms with van der Waals surface area (Å²) in [6, 6.07) is 4.61. The van der Waals surface area contributed by atoms with Crippen LogP contribution >= 0.6 is 0 Å². The SMILES string of the molecule is C[C@H](NC(=O)c1cccc(S(=O)(=O)N(C)C2CCCCC2)c1)C(=O)O. The maximum absolute atomic E-state index is 12.8. The van der Waals surface area contributed by atoms with E-state index >= 15 is 0 Å². The van der Waals surface area contributed by atoms with Crippen molar-refractivity contribution in [2.45, 2.75) is 56.0 Å². The third-order valence-corrected chi connectivity index (χ3v) is 6.49. The molecule has 8 heteroatoms. The highest BCUT2D eigenvalue weighted by atomic mass is 32.2. The zero-order valence-electron chi connectivity index (χ0n) is 14.4. The lowest BCUT2D eigenvalue weighted by Gasteiger charge is -2.30. The summed E-state index contributed by atoms with van der Waals surface area (Å²) in [6.07, 6.45) is 4.83. The Kier molecular flexibility index (Phi) is 6.18. The number of nitrogens with zero attached hydrogens (tertiary/aromatic N) is 1. The summed E-state index contributed by atoms with van der Waals surface area (Å²) in [6.45, 7) is 1.34. The van der Waals surface area contributed by atoms with Crippen LogP contribution in [0.1, 0.15) is 49.4 Å². The first-order valence-corrected chi connectivity index (χ1v) is 9.79. The number of carboxylic acid groups (broad SMARTS) is 1. The van der Waals surface area contributed by atoms with Gasteiger partial charge in [0.2, 0.25) is 10.0 Å². The molecule has 2 rings (SSSR count). The van der Waals surface area contributed by atoms with E-state index in [1.807, 2.05) is 0 Å². The van der Waals surface area contributed by atoms with E-state index < -0.39 is 27.9 Å². The molecule has 1 amide bonds. The van der Waals surface area contributed by atoms with Crippen molar-refractivity contribution in [3.8, 4) is 0 Å². The van der Waals surface area contributed by atoms with Gasteiger partial charge in [-0.1, -0.05) is 25.3 Å². The predicted octanol–water partition coefficient (Wildman–Crippen LogP) is 1.84. The van der Waals surface area contributed by atoms with Crippen molar-refractivity contribution in [1.82, 2.24) is 9.62 Å². The van der Waals surface area contributed by atoms with Gasteiger partial charge in [0.15, 0.2) is 0 Å². The Morgan fingerprint density at radius 3 is 2.48 bits per heavy atom. The molecule has 1 fully saturated rings. The smallest absolute Gasteiger partial charge is 0.325 e. The van der Waals surface area contributed by atoms with E-state index in [9.17, 15) is 18.0 Å². The molecule has 25 heavy (non-hydrogen) atoms. The van der Waals surface area contributed by atoms with E-state index in [1.54, 1.807) is 7.05 Å². The van der Waals surface area contributed by atoms with Crippen LogP contribution in [0.3, 0.4) is 0 Å². The second-order valence-corrected chi connectivity index (χ2v) is 8.37. The van der Waals surface area contributed by atoms with Crippen molar-refractivity contribution in [1.29, 1.82) is 0 Å². The number of hydrogen-bond donors (Lipinski definition) is 2. The summed E-state index contributed by atoms with van der Waals surface area (Å²) < 4.78 is 27.1. The number of hydrogen-bond acceptors (Lipinski definition) is 4. The molecule has 0 aliphatic heterocycles. The minimum atomic E-state index is -3.70. The molecule has 0 heterocycles. The van der Waals surface area contributed by atoms with Crippen LogP contribution < -0.4 is 5.32 Å². The zero-order valence-corrected chi connectivity index (χ0v) is 15.3. The van der Waals surface area contributed by atoms with Gasteiger partial charge in [0.05, 0.1) is 4.90 Å². The molecule has 0 bridgehead atoms. The fourth-order valence-corrected chi connectivity index (χ4v) is 4.41. The van der Waals surface area contributed by atoms with Crippen molar-refractivity contribution in [2.24, 2.45) is 0 Å². The van der Waals surface area contributed by atoms with Crippen LogP contribution in [-0.4, -0.2) is 48.8 Å². The summed E-state index contributed by atoms with van der Waals surface area (Å²) in [5.41, 5.74) is 0.117. The molecule has 1 saturated carbocycles. The molecule has 7 nitrogen and oxygen atoms in total. The maximum atomic E-state index is 12.8. The van der Waals surface area contributed by atoms with E-state index in [2.05, 4.69) is 5.32 Å². The van der Waals surface area contributed by atoms with E-state index in [1.165, 1.54) is 35.5 Å². The number of benzene rings is 1. The minimum absolute atomic E-state index is 0.0248. The van der Waals surface area contributed by atoms with Crippen LogP contribution in [0.5, 0.6) is 0 Å². The molecule has 0 spiro atoms. The normalized spacial score (nSPS) is 17.2. The lowest BCUT2D eigenvalue weighted by atomic mass is 9.96. The van der Waals surface area contributed by atoms with E-state index in [0.29, 0.717) is 0 Å². The van der Waals surface area contributed by atoms with Gasteiger partial charge in [0.25, 0.3) is 5.91 Å². The van der Waals surface area contributed by atoms with Crippen LogP contribution in [0.2, 0.25) is 0 Å². The molecule has 2 N–H and O–H groups in total. The number of carboxylic acids is 1. The highest BCUT2D eigenvalue weighted by Crippen LogP contribution is 2.26. The van der Waals surface area contributed by atoms with Crippen molar-refractivity contribution < 1.29 is 23.1 Å². The van der Waals surface area contributed by atoms with Gasteiger partial charge in [0.1, 0.15) is 6.04 Å². The van der Waals surface area contributed by atoms with Crippen LogP contribution in [0.4, 0.5) is 0 Å². The number of nitrogens with one attached hydrogen (secondary N) is 1. The highest BCUT2D eigenvalue weighted by Gasteiger charge is 2.29. The molecule has 1 atom stereocenters. The van der Waals surface area contributed by atoms with Crippen molar-refractivity contribution in [3.63, 3.8) is 0 Å². The van der Waals surface area contributed by atoms with Crippen LogP contribution in [0, 0.1) is 0 Å². The Morgan fingerprint density at radius 1 is 1.24 bits per heavy atom. The Morgan fingerprint density at radius 2 is 1.88 bits per heavy atom. The first kappa shape index (κ1) is 19.4. The quantitative estimate of drug-likeness (QED) is 0.797. The van der Waals surface area contributed by atoms with Crippen molar-refractivity contribution in [2.75, 3.05) is 7.05 Å². The molecular formula is C17H24N2O5S. The summed E-state index contributed by atoms with van der Waals surface area (Å²) in [7, 11) is -2.13. The monoisotopic (exact) mass is 368 g/mol. The highest BCUT2D eigenvalue weighted by molar-refractivity contribution is 7.89. The Labute approximate surface area is 148 Å². The standard InChI is InChI=1S/C17H24N2O5S/c1-12(17(21)22)18-16(20)13-7-6-10-15(11-13)25(23,24)19(2)14-8-4-3-5-9-14/h6-7,10-12,14H,3-5,8-9H2,1-2H3,(H,18,20)(H,21,22)/t12-/m0/s1. The molecule has 0 radical (unpaired) electrons. The summed E-state index contributed by atoms with van der Waals surface area (Å²) in [5.74, 6) is -1.78. The number of rotatable bonds is 6. The summed E-state index contributed by atoms with van der Waals surface area (Å²) in [4.78, 5) is 23.0. The Hall–Kier alpha value is -1.93. The second-order valence-electron chi connectivity index (χ2n) is 6.37. The molecule has 138 valence electrons. The average Bonchev–Trinajstić information content (AvgIpc) is 2.61. The van der Waals surface area contributed by atoms with Gasteiger partial charge < -0.3 is 10.4 Å². The van der Waals surface area contributed by atoms with Crippen molar-refractivity contribution in [3.05, 3.63) is 29.8 Å². The number of sulfonamides is 1. The number of amides is 1. The summed E-state index contributed by atoms with van der Waals surface area (Å²) in [5, 5.41) is 11.2. The zero-order chi connectivity index (χ0) is 18.6. The van der Waals surface area contributed by atoms with Crippen LogP contribution in [-0.2, 0) is 14.8 Å². The average molecular weight is 368 g/mol. The Bertz CT molecular complexity index is 741. The lowest BCUT2D eigenvalue weighted by molar-refractivity contribution is -0.138. The predicted molar refractivity (Wildman–Crippen MR) is 92.8 cm³/mol. The third-order valence-electron chi connectivity index (χ3n) is 4.58. The van der Waals surface area contributed by atoms with E-state index in [-0.39, 0.29) is 16.5 Å². The molecular weight excluding hydrogens is 344 g/mol. The molecule has 0 unspecified atom stereocenters. The van der Waals surface area contributed by atoms with Crippen LogP contribution in [0.25, 0.3) is 0 Å². The van der Waals surface area contributed by atoms with Crippen molar-refractivity contribution >= 4 is 21.9 Å². The molecule has 1 aliphatic carbocycles. The fourth-order valence-electron chi connectivity index (χ4n) is 2.95. The van der Waals surface area contributed by atoms with Gasteiger partial charge in [-0.15, -0.1) is 0 Å². The lowest BCUT2D eigenvalue weighted by Crippen LogP contribution is -2.39. The molecule has 0 aromatic heterocycles. The molecule has 1 aromatic carbocycles. The van der Waals surface area contributed by atoms with E-state index in [4.69, 9.17) is 5.11 Å². The van der Waals surface area contributed by atoms with E-state index in [0.717, 1.165) is 32.1 Å². The van der Waals surface area contributed by atoms with Gasteiger partial charge in [-0.25, -0.2) is 8.42 Å². The third kappa shape index (κ3) is 4.58. The summed E-state index contributed by atoms with van der Waals surface area (Å²) >= 11 is 0. The number of carbonyl (C=O) groups excluding carboxylic acids is 1. The first-order chi connectivity index (χ1) is 11.7. The molecule has 0 saturated heterocycles. The maximum Gasteiger partial charge on any atom is 0.325 e. The van der Waals surface area contributed by atoms with Gasteiger partial charge >= 0.3 is 5.97 Å². The second kappa shape index (κ2) is 7.97. The van der Waals surface area contributed by atoms with Crippen LogP contribution in [0.15, 0.2) is 29.2 Å². The largest absolute Gasteiger partial charge is 0.480 e. The van der Waals surface area contributed by atoms with Gasteiger partial charge in [-0.05, 0) is 38.0 Å². The fraction of sp³-hybridized carbons (Fsp3) is 0.529. The molecule has 1 aromatic rings. The Balaban J connectivity index is 2.21.